The van der Waals surface area contributed by atoms with Crippen LogP contribution in [0.3, 0.4) is 0 Å². The molecule has 1 aliphatic rings. The monoisotopic (exact) mass is 398 g/mol. The van der Waals surface area contributed by atoms with Crippen molar-refractivity contribution in [2.45, 2.75) is 43.9 Å². The second kappa shape index (κ2) is 7.59. The lowest BCUT2D eigenvalue weighted by molar-refractivity contribution is -0.268. The molecule has 27 heavy (non-hydrogen) atoms. The zero-order chi connectivity index (χ0) is 19.7. The summed E-state index contributed by atoms with van der Waals surface area (Å²) < 4.78 is 40.7. The summed E-state index contributed by atoms with van der Waals surface area (Å²) in [6.45, 7) is 2.30. The van der Waals surface area contributed by atoms with Gasteiger partial charge in [-0.1, -0.05) is 30.3 Å². The molecule has 0 aliphatic carbocycles. The predicted octanol–water partition coefficient (Wildman–Crippen LogP) is 4.00. The van der Waals surface area contributed by atoms with Crippen LogP contribution in [0.15, 0.2) is 35.7 Å². The summed E-state index contributed by atoms with van der Waals surface area (Å²) in [5.41, 5.74) is -1.69. The van der Waals surface area contributed by atoms with Gasteiger partial charge in [-0.3, -0.25) is 4.79 Å². The zero-order valence-corrected chi connectivity index (χ0v) is 15.7. The van der Waals surface area contributed by atoms with Crippen molar-refractivity contribution < 1.29 is 23.1 Å². The summed E-state index contributed by atoms with van der Waals surface area (Å²) in [6, 6.07) is 9.88. The predicted molar refractivity (Wildman–Crippen MR) is 96.4 cm³/mol. The minimum Gasteiger partial charge on any atom is -0.374 e. The number of rotatable bonds is 4. The van der Waals surface area contributed by atoms with Gasteiger partial charge in [-0.2, -0.15) is 13.2 Å². The van der Waals surface area contributed by atoms with Gasteiger partial charge in [0.2, 0.25) is 11.5 Å². The first-order chi connectivity index (χ1) is 12.7. The summed E-state index contributed by atoms with van der Waals surface area (Å²) in [7, 11) is 0. The van der Waals surface area contributed by atoms with E-state index in [1.165, 1.54) is 15.8 Å². The summed E-state index contributed by atoms with van der Waals surface area (Å²) in [5.74, 6) is -0.410. The van der Waals surface area contributed by atoms with E-state index in [2.05, 4.69) is 4.98 Å². The number of carbonyl (C=O) groups excluding carboxylic acids is 1. The van der Waals surface area contributed by atoms with Gasteiger partial charge in [0.1, 0.15) is 5.01 Å². The molecule has 8 heteroatoms. The third-order valence-electron chi connectivity index (χ3n) is 4.97. The lowest BCUT2D eigenvalue weighted by Crippen LogP contribution is -2.48. The Morgan fingerprint density at radius 3 is 2.41 bits per heavy atom. The van der Waals surface area contributed by atoms with Crippen molar-refractivity contribution >= 4 is 17.2 Å². The fourth-order valence-electron chi connectivity index (χ4n) is 3.36. The van der Waals surface area contributed by atoms with E-state index >= 15 is 0 Å². The first kappa shape index (κ1) is 19.8. The van der Waals surface area contributed by atoms with Gasteiger partial charge in [0.05, 0.1) is 6.42 Å². The van der Waals surface area contributed by atoms with Crippen LogP contribution in [-0.2, 0) is 10.4 Å². The van der Waals surface area contributed by atoms with E-state index in [9.17, 15) is 23.1 Å². The minimum atomic E-state index is -4.98. The lowest BCUT2D eigenvalue weighted by Gasteiger charge is -2.35. The fourth-order valence-corrected chi connectivity index (χ4v) is 4.27. The molecule has 1 aromatic heterocycles. The van der Waals surface area contributed by atoms with Crippen molar-refractivity contribution in [1.82, 2.24) is 9.88 Å². The molecule has 1 amide bonds. The van der Waals surface area contributed by atoms with Crippen molar-refractivity contribution in [2.75, 3.05) is 13.1 Å². The number of aliphatic hydroxyl groups is 1. The highest BCUT2D eigenvalue weighted by molar-refractivity contribution is 7.09. The molecule has 1 aromatic carbocycles. The zero-order valence-electron chi connectivity index (χ0n) is 14.9. The molecule has 2 heterocycles. The second-order valence-electron chi connectivity index (χ2n) is 6.89. The van der Waals surface area contributed by atoms with Gasteiger partial charge in [0, 0.05) is 24.2 Å². The standard InChI is InChI=1S/C19H21F3N2O2S/c1-13-12-27-17(23-13)18(26,19(20,21)22)11-16(25)24-9-7-15(8-10-24)14-5-3-2-4-6-14/h2-6,12,15,26H,7-11H2,1H3/t18-/m0/s1. The Morgan fingerprint density at radius 1 is 1.26 bits per heavy atom. The molecule has 0 radical (unpaired) electrons. The maximum atomic E-state index is 13.6. The molecule has 0 bridgehead atoms. The average Bonchev–Trinajstić information content (AvgIpc) is 3.08. The van der Waals surface area contributed by atoms with Crippen LogP contribution in [0.5, 0.6) is 0 Å². The van der Waals surface area contributed by atoms with Gasteiger partial charge < -0.3 is 10.0 Å². The Labute approximate surface area is 159 Å². The first-order valence-electron chi connectivity index (χ1n) is 8.75. The smallest absolute Gasteiger partial charge is 0.374 e. The number of alkyl halides is 3. The van der Waals surface area contributed by atoms with E-state index in [1.54, 1.807) is 6.92 Å². The van der Waals surface area contributed by atoms with Gasteiger partial charge in [-0.25, -0.2) is 4.98 Å². The maximum Gasteiger partial charge on any atom is 0.424 e. The van der Waals surface area contributed by atoms with Crippen molar-refractivity contribution in [1.29, 1.82) is 0 Å². The molecule has 4 nitrogen and oxygen atoms in total. The maximum absolute atomic E-state index is 13.6. The molecule has 1 atom stereocenters. The molecule has 146 valence electrons. The van der Waals surface area contributed by atoms with E-state index in [0.29, 0.717) is 37.5 Å². The van der Waals surface area contributed by atoms with Crippen molar-refractivity contribution in [2.24, 2.45) is 0 Å². The summed E-state index contributed by atoms with van der Waals surface area (Å²) in [6.07, 6.45) is -4.64. The van der Waals surface area contributed by atoms with Crippen LogP contribution in [0.4, 0.5) is 13.2 Å². The molecular weight excluding hydrogens is 377 g/mol. The van der Waals surface area contributed by atoms with E-state index < -0.39 is 29.1 Å². The molecule has 2 aromatic rings. The van der Waals surface area contributed by atoms with Crippen LogP contribution in [0.25, 0.3) is 0 Å². The van der Waals surface area contributed by atoms with E-state index in [4.69, 9.17) is 0 Å². The molecule has 1 aliphatic heterocycles. The fraction of sp³-hybridized carbons (Fsp3) is 0.474. The molecule has 1 N–H and O–H groups in total. The van der Waals surface area contributed by atoms with Gasteiger partial charge in [-0.05, 0) is 31.2 Å². The number of hydrogen-bond acceptors (Lipinski definition) is 4. The Morgan fingerprint density at radius 2 is 1.89 bits per heavy atom. The number of thiazole rings is 1. The highest BCUT2D eigenvalue weighted by atomic mass is 32.1. The highest BCUT2D eigenvalue weighted by Crippen LogP contribution is 2.43. The Balaban J connectivity index is 1.69. The SMILES string of the molecule is Cc1csc([C@@](O)(CC(=O)N2CCC(c3ccccc3)CC2)C(F)(F)F)n1. The normalized spacial score (nSPS) is 18.3. The number of aromatic nitrogens is 1. The quantitative estimate of drug-likeness (QED) is 0.847. The van der Waals surface area contributed by atoms with Crippen molar-refractivity contribution in [3.05, 3.63) is 52.0 Å². The second-order valence-corrected chi connectivity index (χ2v) is 7.75. The number of nitrogens with zero attached hydrogens (tertiary/aromatic N) is 2. The molecule has 3 rings (SSSR count). The van der Waals surface area contributed by atoms with Crippen LogP contribution in [0.1, 0.15) is 41.4 Å². The van der Waals surface area contributed by atoms with Crippen molar-refractivity contribution in [3.63, 3.8) is 0 Å². The molecular formula is C19H21F3N2O2S. The van der Waals surface area contributed by atoms with Gasteiger partial charge in [0.15, 0.2) is 0 Å². The minimum absolute atomic E-state index is 0.290. The van der Waals surface area contributed by atoms with Crippen LogP contribution in [-0.4, -0.2) is 40.2 Å². The van der Waals surface area contributed by atoms with E-state index in [-0.39, 0.29) is 0 Å². The van der Waals surface area contributed by atoms with Gasteiger partial charge in [0.25, 0.3) is 0 Å². The molecule has 1 saturated heterocycles. The molecule has 0 saturated carbocycles. The summed E-state index contributed by atoms with van der Waals surface area (Å²) >= 11 is 0.718. The number of aryl methyl sites for hydroxylation is 1. The number of amides is 1. The van der Waals surface area contributed by atoms with Gasteiger partial charge in [-0.15, -0.1) is 11.3 Å². The lowest BCUT2D eigenvalue weighted by atomic mass is 9.89. The highest BCUT2D eigenvalue weighted by Gasteiger charge is 2.58. The number of piperidine rings is 1. The number of hydrogen-bond donors (Lipinski definition) is 1. The van der Waals surface area contributed by atoms with E-state index in [0.717, 1.165) is 11.3 Å². The summed E-state index contributed by atoms with van der Waals surface area (Å²) in [5, 5.41) is 11.3. The Hall–Kier alpha value is -1.93. The van der Waals surface area contributed by atoms with Crippen molar-refractivity contribution in [3.8, 4) is 0 Å². The molecule has 0 unspecified atom stereocenters. The molecule has 1 fully saturated rings. The molecule has 0 spiro atoms. The average molecular weight is 398 g/mol. The third kappa shape index (κ3) is 4.16. The topological polar surface area (TPSA) is 53.4 Å². The number of halogens is 3. The summed E-state index contributed by atoms with van der Waals surface area (Å²) in [4.78, 5) is 17.7. The number of benzene rings is 1. The largest absolute Gasteiger partial charge is 0.424 e. The van der Waals surface area contributed by atoms with Crippen LogP contribution in [0, 0.1) is 6.92 Å². The first-order valence-corrected chi connectivity index (χ1v) is 9.63. The van der Waals surface area contributed by atoms with Gasteiger partial charge >= 0.3 is 6.18 Å². The number of carbonyl (C=O) groups is 1. The Kier molecular flexibility index (Phi) is 5.58. The Bertz CT molecular complexity index is 786. The van der Waals surface area contributed by atoms with Crippen LogP contribution < -0.4 is 0 Å². The van der Waals surface area contributed by atoms with Crippen LogP contribution >= 0.6 is 11.3 Å². The van der Waals surface area contributed by atoms with E-state index in [1.807, 2.05) is 30.3 Å². The number of likely N-dealkylation sites (tertiary alicyclic amines) is 1. The third-order valence-corrected chi connectivity index (χ3v) is 6.08. The van der Waals surface area contributed by atoms with Crippen LogP contribution in [0.2, 0.25) is 0 Å².